The van der Waals surface area contributed by atoms with Crippen molar-refractivity contribution in [1.82, 2.24) is 10.3 Å². The Morgan fingerprint density at radius 2 is 2.15 bits per heavy atom. The van der Waals surface area contributed by atoms with Gasteiger partial charge >= 0.3 is 5.97 Å². The van der Waals surface area contributed by atoms with E-state index in [1.54, 1.807) is 11.8 Å². The number of rotatable bonds is 6. The predicted octanol–water partition coefficient (Wildman–Crippen LogP) is 0.197. The van der Waals surface area contributed by atoms with Gasteiger partial charge in [-0.3, -0.25) is 14.4 Å². The molecule has 2 aliphatic rings. The van der Waals surface area contributed by atoms with Crippen LogP contribution in [-0.2, 0) is 19.1 Å². The zero-order valence-corrected chi connectivity index (χ0v) is 11.6. The van der Waals surface area contributed by atoms with E-state index < -0.39 is 0 Å². The predicted molar refractivity (Wildman–Crippen MR) is 70.8 cm³/mol. The topological polar surface area (TPSA) is 88.1 Å². The van der Waals surface area contributed by atoms with Crippen LogP contribution in [0.1, 0.15) is 39.0 Å². The Labute approximate surface area is 117 Å². The van der Waals surface area contributed by atoms with Gasteiger partial charge in [0.05, 0.1) is 13.0 Å². The van der Waals surface area contributed by atoms with Gasteiger partial charge in [0.25, 0.3) is 5.91 Å². The van der Waals surface area contributed by atoms with E-state index in [0.717, 1.165) is 12.8 Å². The first kappa shape index (κ1) is 14.5. The molecule has 20 heavy (non-hydrogen) atoms. The van der Waals surface area contributed by atoms with E-state index in [0.29, 0.717) is 25.3 Å². The van der Waals surface area contributed by atoms with Crippen molar-refractivity contribution in [3.63, 3.8) is 0 Å². The SMILES string of the molecule is CCOC(=O)CCN(C(=O)C1=NNC(=O)CC1)C1CC1. The fraction of sp³-hybridized carbons (Fsp3) is 0.692. The lowest BCUT2D eigenvalue weighted by Crippen LogP contribution is -2.42. The highest BCUT2D eigenvalue weighted by atomic mass is 16.5. The molecule has 0 saturated heterocycles. The van der Waals surface area contributed by atoms with Gasteiger partial charge in [0.2, 0.25) is 5.91 Å². The van der Waals surface area contributed by atoms with E-state index >= 15 is 0 Å². The van der Waals surface area contributed by atoms with Crippen molar-refractivity contribution in [2.45, 2.75) is 45.1 Å². The van der Waals surface area contributed by atoms with Crippen molar-refractivity contribution < 1.29 is 19.1 Å². The van der Waals surface area contributed by atoms with Crippen LogP contribution in [0.4, 0.5) is 0 Å². The van der Waals surface area contributed by atoms with Crippen LogP contribution in [0.3, 0.4) is 0 Å². The summed E-state index contributed by atoms with van der Waals surface area (Å²) in [4.78, 5) is 36.4. The zero-order chi connectivity index (χ0) is 14.5. The molecule has 2 rings (SSSR count). The number of nitrogens with one attached hydrogen (secondary N) is 1. The standard InChI is InChI=1S/C13H19N3O4/c1-2-20-12(18)7-8-16(9-3-4-9)13(19)10-5-6-11(17)15-14-10/h9H,2-8H2,1H3,(H,15,17). The fourth-order valence-electron chi connectivity index (χ4n) is 2.08. The van der Waals surface area contributed by atoms with Crippen molar-refractivity contribution in [2.75, 3.05) is 13.2 Å². The molecule has 0 unspecified atom stereocenters. The number of amides is 2. The Bertz CT molecular complexity index is 443. The summed E-state index contributed by atoms with van der Waals surface area (Å²) in [6.45, 7) is 2.44. The number of hydrogen-bond donors (Lipinski definition) is 1. The number of hydrazone groups is 1. The highest BCUT2D eigenvalue weighted by Gasteiger charge is 2.35. The van der Waals surface area contributed by atoms with Crippen LogP contribution in [-0.4, -0.2) is 47.6 Å². The van der Waals surface area contributed by atoms with Gasteiger partial charge in [0, 0.05) is 25.4 Å². The third-order valence-electron chi connectivity index (χ3n) is 3.26. The lowest BCUT2D eigenvalue weighted by atomic mass is 10.1. The fourth-order valence-corrected chi connectivity index (χ4v) is 2.08. The number of nitrogens with zero attached hydrogens (tertiary/aromatic N) is 2. The molecule has 1 aliphatic heterocycles. The first-order valence-corrected chi connectivity index (χ1v) is 6.93. The highest BCUT2D eigenvalue weighted by Crippen LogP contribution is 2.27. The van der Waals surface area contributed by atoms with Crippen molar-refractivity contribution in [2.24, 2.45) is 5.10 Å². The molecule has 0 atom stereocenters. The van der Waals surface area contributed by atoms with E-state index in [4.69, 9.17) is 4.74 Å². The zero-order valence-electron chi connectivity index (χ0n) is 11.6. The minimum Gasteiger partial charge on any atom is -0.466 e. The summed E-state index contributed by atoms with van der Waals surface area (Å²) in [7, 11) is 0. The molecule has 0 aromatic heterocycles. The molecule has 0 spiro atoms. The molecule has 2 amide bonds. The molecular weight excluding hydrogens is 262 g/mol. The lowest BCUT2D eigenvalue weighted by Gasteiger charge is -2.23. The summed E-state index contributed by atoms with van der Waals surface area (Å²) in [6, 6.07) is 0.192. The van der Waals surface area contributed by atoms with E-state index in [1.165, 1.54) is 0 Å². The first-order chi connectivity index (χ1) is 9.61. The Kier molecular flexibility index (Phi) is 4.70. The third kappa shape index (κ3) is 3.79. The van der Waals surface area contributed by atoms with Crippen molar-refractivity contribution in [3.05, 3.63) is 0 Å². The van der Waals surface area contributed by atoms with Gasteiger partial charge < -0.3 is 9.64 Å². The summed E-state index contributed by atoms with van der Waals surface area (Å²) in [5.41, 5.74) is 2.68. The van der Waals surface area contributed by atoms with Crippen LogP contribution in [0.25, 0.3) is 0 Å². The number of esters is 1. The van der Waals surface area contributed by atoms with E-state index in [9.17, 15) is 14.4 Å². The van der Waals surface area contributed by atoms with E-state index in [-0.39, 0.29) is 36.7 Å². The molecule has 7 nitrogen and oxygen atoms in total. The molecule has 1 saturated carbocycles. The average molecular weight is 281 g/mol. The van der Waals surface area contributed by atoms with Crippen LogP contribution in [0.2, 0.25) is 0 Å². The Hall–Kier alpha value is -1.92. The molecule has 0 aromatic rings. The summed E-state index contributed by atoms with van der Waals surface area (Å²) in [5, 5.41) is 3.81. The van der Waals surface area contributed by atoms with Crippen molar-refractivity contribution >= 4 is 23.5 Å². The van der Waals surface area contributed by atoms with E-state index in [1.807, 2.05) is 0 Å². The minimum atomic E-state index is -0.301. The monoisotopic (exact) mass is 281 g/mol. The molecule has 110 valence electrons. The molecule has 1 aliphatic carbocycles. The maximum Gasteiger partial charge on any atom is 0.307 e. The third-order valence-corrected chi connectivity index (χ3v) is 3.26. The normalized spacial score (nSPS) is 18.1. The van der Waals surface area contributed by atoms with Gasteiger partial charge in [0.1, 0.15) is 5.71 Å². The van der Waals surface area contributed by atoms with Gasteiger partial charge in [-0.05, 0) is 19.8 Å². The number of carbonyl (C=O) groups excluding carboxylic acids is 3. The van der Waals surface area contributed by atoms with Gasteiger partial charge in [-0.25, -0.2) is 5.43 Å². The van der Waals surface area contributed by atoms with E-state index in [2.05, 4.69) is 10.5 Å². The molecule has 0 aromatic carbocycles. The lowest BCUT2D eigenvalue weighted by molar-refractivity contribution is -0.143. The van der Waals surface area contributed by atoms with Crippen LogP contribution in [0, 0.1) is 0 Å². The number of carbonyl (C=O) groups is 3. The van der Waals surface area contributed by atoms with Crippen molar-refractivity contribution in [3.8, 4) is 0 Å². The quantitative estimate of drug-likeness (QED) is 0.704. The minimum absolute atomic E-state index is 0.175. The molecule has 0 radical (unpaired) electrons. The molecule has 7 heteroatoms. The second-order valence-electron chi connectivity index (χ2n) is 4.88. The summed E-state index contributed by atoms with van der Waals surface area (Å²) in [6.07, 6.45) is 2.73. The Balaban J connectivity index is 1.92. The molecule has 1 fully saturated rings. The average Bonchev–Trinajstić information content (AvgIpc) is 3.24. The molecule has 1 heterocycles. The van der Waals surface area contributed by atoms with Gasteiger partial charge in [-0.2, -0.15) is 5.10 Å². The number of ether oxygens (including phenoxy) is 1. The second-order valence-corrected chi connectivity index (χ2v) is 4.88. The summed E-state index contributed by atoms with van der Waals surface area (Å²) >= 11 is 0. The highest BCUT2D eigenvalue weighted by molar-refractivity contribution is 6.39. The largest absolute Gasteiger partial charge is 0.466 e. The molecular formula is C13H19N3O4. The Morgan fingerprint density at radius 1 is 1.40 bits per heavy atom. The van der Waals surface area contributed by atoms with Crippen LogP contribution in [0.5, 0.6) is 0 Å². The Morgan fingerprint density at radius 3 is 2.70 bits per heavy atom. The maximum atomic E-state index is 12.3. The second kappa shape index (κ2) is 6.49. The van der Waals surface area contributed by atoms with Crippen LogP contribution >= 0.6 is 0 Å². The van der Waals surface area contributed by atoms with Crippen LogP contribution < -0.4 is 5.43 Å². The molecule has 0 bridgehead atoms. The summed E-state index contributed by atoms with van der Waals surface area (Å²) in [5.74, 6) is -0.660. The number of hydrogen-bond acceptors (Lipinski definition) is 5. The first-order valence-electron chi connectivity index (χ1n) is 6.93. The van der Waals surface area contributed by atoms with Gasteiger partial charge in [-0.1, -0.05) is 0 Å². The smallest absolute Gasteiger partial charge is 0.307 e. The van der Waals surface area contributed by atoms with Gasteiger partial charge in [-0.15, -0.1) is 0 Å². The van der Waals surface area contributed by atoms with Crippen LogP contribution in [0.15, 0.2) is 5.10 Å². The van der Waals surface area contributed by atoms with Gasteiger partial charge in [0.15, 0.2) is 0 Å². The maximum absolute atomic E-state index is 12.3. The summed E-state index contributed by atoms with van der Waals surface area (Å²) < 4.78 is 4.87. The van der Waals surface area contributed by atoms with Crippen molar-refractivity contribution in [1.29, 1.82) is 0 Å². The molecule has 1 N–H and O–H groups in total.